The van der Waals surface area contributed by atoms with Crippen LogP contribution in [0.3, 0.4) is 0 Å². The van der Waals surface area contributed by atoms with Crippen LogP contribution in [0.15, 0.2) is 30.3 Å². The van der Waals surface area contributed by atoms with Gasteiger partial charge < -0.3 is 14.9 Å². The Balaban J connectivity index is 1.76. The van der Waals surface area contributed by atoms with Crippen molar-refractivity contribution in [3.63, 3.8) is 0 Å². The fourth-order valence-corrected chi connectivity index (χ4v) is 5.00. The molecule has 0 aromatic heterocycles. The maximum Gasteiger partial charge on any atom is 0.118 e. The summed E-state index contributed by atoms with van der Waals surface area (Å²) in [5, 5.41) is 25.8. The molecule has 3 heteroatoms. The van der Waals surface area contributed by atoms with Crippen molar-refractivity contribution in [3.05, 3.63) is 58.1 Å². The zero-order valence-electron chi connectivity index (χ0n) is 13.4. The summed E-state index contributed by atoms with van der Waals surface area (Å²) in [6, 6.07) is 10.8. The molecule has 1 heterocycles. The topological polar surface area (TPSA) is 53.0 Å². The van der Waals surface area contributed by atoms with E-state index in [4.69, 9.17) is 4.74 Å². The molecule has 2 N–H and O–H groups in total. The van der Waals surface area contributed by atoms with Gasteiger partial charge in [0.2, 0.25) is 0 Å². The van der Waals surface area contributed by atoms with Gasteiger partial charge in [0, 0.05) is 0 Å². The molecule has 0 spiro atoms. The monoisotopic (exact) mass is 318 g/mol. The van der Waals surface area contributed by atoms with Gasteiger partial charge in [-0.25, -0.2) is 0 Å². The standard InChI is InChI=1S/C21H18O3/c1-9-2-3-10-8-15-12(13-6-4-11(9)16(10)13)5-7-14-17(15)20-21(24-20)19(23)18(14)22/h2-3,5,7-8,18-23H,4,6H2,1H3. The van der Waals surface area contributed by atoms with Crippen molar-refractivity contribution in [1.29, 1.82) is 0 Å². The summed E-state index contributed by atoms with van der Waals surface area (Å²) in [7, 11) is 0. The Bertz CT molecular complexity index is 1050. The lowest BCUT2D eigenvalue weighted by Crippen LogP contribution is -2.29. The van der Waals surface area contributed by atoms with Crippen molar-refractivity contribution in [2.75, 3.05) is 0 Å². The Morgan fingerprint density at radius 3 is 2.71 bits per heavy atom. The number of benzene rings is 3. The second-order valence-electron chi connectivity index (χ2n) is 7.43. The number of epoxide rings is 1. The summed E-state index contributed by atoms with van der Waals surface area (Å²) in [6.45, 7) is 2.20. The van der Waals surface area contributed by atoms with Gasteiger partial charge in [-0.05, 0) is 75.2 Å². The third-order valence-electron chi connectivity index (χ3n) is 6.24. The van der Waals surface area contributed by atoms with Crippen molar-refractivity contribution in [2.24, 2.45) is 0 Å². The Morgan fingerprint density at radius 1 is 1.00 bits per heavy atom. The van der Waals surface area contributed by atoms with Crippen LogP contribution in [0.2, 0.25) is 0 Å². The number of aliphatic hydroxyl groups excluding tert-OH is 2. The van der Waals surface area contributed by atoms with Crippen LogP contribution in [0.25, 0.3) is 21.5 Å². The fraction of sp³-hybridized carbons (Fsp3) is 0.333. The highest BCUT2D eigenvalue weighted by molar-refractivity contribution is 6.07. The highest BCUT2D eigenvalue weighted by Crippen LogP contribution is 2.54. The first-order valence-electron chi connectivity index (χ1n) is 8.67. The van der Waals surface area contributed by atoms with Crippen LogP contribution in [-0.2, 0) is 17.6 Å². The van der Waals surface area contributed by atoms with E-state index in [2.05, 4.69) is 31.2 Å². The largest absolute Gasteiger partial charge is 0.387 e. The molecule has 1 aliphatic heterocycles. The van der Waals surface area contributed by atoms with Gasteiger partial charge in [-0.15, -0.1) is 0 Å². The van der Waals surface area contributed by atoms with Gasteiger partial charge in [0.1, 0.15) is 24.4 Å². The van der Waals surface area contributed by atoms with E-state index in [-0.39, 0.29) is 12.2 Å². The smallest absolute Gasteiger partial charge is 0.118 e. The van der Waals surface area contributed by atoms with Crippen LogP contribution in [-0.4, -0.2) is 22.4 Å². The van der Waals surface area contributed by atoms with Crippen molar-refractivity contribution < 1.29 is 14.9 Å². The van der Waals surface area contributed by atoms with Gasteiger partial charge in [-0.2, -0.15) is 0 Å². The number of ether oxygens (including phenoxy) is 1. The van der Waals surface area contributed by atoms with Crippen LogP contribution in [0.1, 0.15) is 40.0 Å². The van der Waals surface area contributed by atoms with Crippen molar-refractivity contribution in [1.82, 2.24) is 0 Å². The van der Waals surface area contributed by atoms with E-state index in [9.17, 15) is 10.2 Å². The van der Waals surface area contributed by atoms with Crippen LogP contribution in [0.5, 0.6) is 0 Å². The van der Waals surface area contributed by atoms with Gasteiger partial charge in [-0.3, -0.25) is 0 Å². The Labute approximate surface area is 139 Å². The molecule has 4 unspecified atom stereocenters. The summed E-state index contributed by atoms with van der Waals surface area (Å²) in [5.74, 6) is 0. The van der Waals surface area contributed by atoms with Gasteiger partial charge in [0.05, 0.1) is 0 Å². The first kappa shape index (κ1) is 13.4. The molecule has 6 rings (SSSR count). The van der Waals surface area contributed by atoms with Gasteiger partial charge in [-0.1, -0.05) is 24.3 Å². The van der Waals surface area contributed by atoms with E-state index in [1.54, 1.807) is 0 Å². The van der Waals surface area contributed by atoms with Crippen LogP contribution in [0, 0.1) is 6.92 Å². The Morgan fingerprint density at radius 2 is 1.83 bits per heavy atom. The highest BCUT2D eigenvalue weighted by atomic mass is 16.6. The quantitative estimate of drug-likeness (QED) is 0.494. The van der Waals surface area contributed by atoms with Gasteiger partial charge in [0.25, 0.3) is 0 Å². The number of aliphatic hydroxyl groups is 2. The molecular formula is C21H18O3. The second kappa shape index (κ2) is 4.17. The normalized spacial score (nSPS) is 29.8. The molecule has 3 nitrogen and oxygen atoms in total. The van der Waals surface area contributed by atoms with Crippen LogP contribution in [0.4, 0.5) is 0 Å². The van der Waals surface area contributed by atoms with Crippen molar-refractivity contribution >= 4 is 21.5 Å². The number of hydrogen-bond acceptors (Lipinski definition) is 3. The average molecular weight is 318 g/mol. The van der Waals surface area contributed by atoms with Crippen molar-refractivity contribution in [2.45, 2.75) is 44.2 Å². The molecular weight excluding hydrogens is 300 g/mol. The number of fused-ring (bicyclic) bond motifs is 6. The summed E-state index contributed by atoms with van der Waals surface area (Å²) in [5.41, 5.74) is 6.20. The van der Waals surface area contributed by atoms with Crippen LogP contribution >= 0.6 is 0 Å². The van der Waals surface area contributed by atoms with Crippen molar-refractivity contribution in [3.8, 4) is 0 Å². The predicted molar refractivity (Wildman–Crippen MR) is 92.2 cm³/mol. The van der Waals surface area contributed by atoms with Gasteiger partial charge >= 0.3 is 0 Å². The molecule has 2 aliphatic carbocycles. The zero-order chi connectivity index (χ0) is 16.2. The second-order valence-corrected chi connectivity index (χ2v) is 7.43. The molecule has 3 aromatic carbocycles. The minimum Gasteiger partial charge on any atom is -0.387 e. The highest BCUT2D eigenvalue weighted by Gasteiger charge is 2.54. The lowest BCUT2D eigenvalue weighted by atomic mass is 9.82. The van der Waals surface area contributed by atoms with E-state index >= 15 is 0 Å². The summed E-state index contributed by atoms with van der Waals surface area (Å²) >= 11 is 0. The molecule has 0 amide bonds. The minimum absolute atomic E-state index is 0.0712. The summed E-state index contributed by atoms with van der Waals surface area (Å²) < 4.78 is 5.70. The SMILES string of the molecule is Cc1ccc2cc3c4c(ccc3c3c2c1CC3)C(O)C(O)C1OC41. The first-order valence-corrected chi connectivity index (χ1v) is 8.67. The molecule has 1 fully saturated rings. The Kier molecular flexibility index (Phi) is 2.32. The number of hydrogen-bond donors (Lipinski definition) is 2. The van der Waals surface area contributed by atoms with E-state index in [0.717, 1.165) is 24.0 Å². The minimum atomic E-state index is -0.856. The Hall–Kier alpha value is -1.94. The predicted octanol–water partition coefficient (Wildman–Crippen LogP) is 3.25. The molecule has 0 bridgehead atoms. The maximum absolute atomic E-state index is 10.4. The van der Waals surface area contributed by atoms with Crippen LogP contribution < -0.4 is 0 Å². The molecule has 24 heavy (non-hydrogen) atoms. The number of aryl methyl sites for hydroxylation is 3. The lowest BCUT2D eigenvalue weighted by molar-refractivity contribution is 0.000105. The molecule has 1 saturated heterocycles. The first-order chi connectivity index (χ1) is 11.6. The number of rotatable bonds is 0. The molecule has 3 aromatic rings. The molecule has 0 saturated carbocycles. The van der Waals surface area contributed by atoms with E-state index in [0.29, 0.717) is 0 Å². The molecule has 0 radical (unpaired) electrons. The average Bonchev–Trinajstić information content (AvgIpc) is 3.26. The van der Waals surface area contributed by atoms with E-state index in [1.807, 2.05) is 6.07 Å². The summed E-state index contributed by atoms with van der Waals surface area (Å²) in [6.07, 6.45) is 0.191. The summed E-state index contributed by atoms with van der Waals surface area (Å²) in [4.78, 5) is 0. The van der Waals surface area contributed by atoms with Gasteiger partial charge in [0.15, 0.2) is 0 Å². The maximum atomic E-state index is 10.4. The third kappa shape index (κ3) is 1.44. The molecule has 4 atom stereocenters. The fourth-order valence-electron chi connectivity index (χ4n) is 5.00. The molecule has 3 aliphatic rings. The molecule has 120 valence electrons. The lowest BCUT2D eigenvalue weighted by Gasteiger charge is -2.25. The third-order valence-corrected chi connectivity index (χ3v) is 6.24. The zero-order valence-corrected chi connectivity index (χ0v) is 13.4. The van der Waals surface area contributed by atoms with E-state index < -0.39 is 12.2 Å². The van der Waals surface area contributed by atoms with E-state index in [1.165, 1.54) is 38.2 Å².